The summed E-state index contributed by atoms with van der Waals surface area (Å²) in [7, 11) is 1.65. The highest BCUT2D eigenvalue weighted by Gasteiger charge is 2.11. The Hall–Kier alpha value is -0.830. The van der Waals surface area contributed by atoms with Crippen molar-refractivity contribution in [1.82, 2.24) is 0 Å². The zero-order chi connectivity index (χ0) is 11.4. The Balaban J connectivity index is 2.92. The van der Waals surface area contributed by atoms with E-state index in [0.29, 0.717) is 5.88 Å². The van der Waals surface area contributed by atoms with Gasteiger partial charge in [-0.15, -0.1) is 11.6 Å². The minimum atomic E-state index is -2.33. The van der Waals surface area contributed by atoms with Gasteiger partial charge in [0.15, 0.2) is 0 Å². The van der Waals surface area contributed by atoms with Crippen LogP contribution in [0.2, 0.25) is 0 Å². The van der Waals surface area contributed by atoms with Crippen LogP contribution in [0.15, 0.2) is 18.2 Å². The summed E-state index contributed by atoms with van der Waals surface area (Å²) in [6.45, 7) is 1.68. The van der Waals surface area contributed by atoms with Crippen molar-refractivity contribution in [3.63, 3.8) is 0 Å². The van der Waals surface area contributed by atoms with Crippen molar-refractivity contribution in [1.29, 1.82) is 0 Å². The first-order valence-electron chi connectivity index (χ1n) is 4.69. The average molecular weight is 234 g/mol. The second-order valence-corrected chi connectivity index (χ2v) is 3.80. The summed E-state index contributed by atoms with van der Waals surface area (Å²) in [6.07, 6.45) is -2.33. The third-order valence-corrected chi connectivity index (χ3v) is 2.49. The molecule has 0 fully saturated rings. The molecule has 0 aliphatic heterocycles. The monoisotopic (exact) mass is 233 g/mol. The van der Waals surface area contributed by atoms with E-state index in [1.54, 1.807) is 7.05 Å². The Morgan fingerprint density at radius 1 is 1.40 bits per heavy atom. The molecule has 0 unspecified atom stereocenters. The highest BCUT2D eigenvalue weighted by molar-refractivity contribution is 6.17. The first kappa shape index (κ1) is 12.2. The maximum Gasteiger partial charge on any atom is 0.255 e. The van der Waals surface area contributed by atoms with Crippen molar-refractivity contribution in [2.75, 3.05) is 18.5 Å². The number of halogens is 3. The number of hydrogen-bond donors (Lipinski definition) is 0. The third-order valence-electron chi connectivity index (χ3n) is 2.20. The van der Waals surface area contributed by atoms with Gasteiger partial charge in [-0.3, -0.25) is 0 Å². The zero-order valence-corrected chi connectivity index (χ0v) is 9.56. The van der Waals surface area contributed by atoms with Crippen LogP contribution < -0.4 is 4.90 Å². The second-order valence-electron chi connectivity index (χ2n) is 3.54. The van der Waals surface area contributed by atoms with E-state index in [2.05, 4.69) is 0 Å². The summed E-state index contributed by atoms with van der Waals surface area (Å²) in [5.41, 5.74) is 2.75. The van der Waals surface area contributed by atoms with Crippen molar-refractivity contribution in [2.45, 2.75) is 19.2 Å². The molecule has 1 nitrogen and oxygen atoms in total. The van der Waals surface area contributed by atoms with Gasteiger partial charge in [0.2, 0.25) is 0 Å². The van der Waals surface area contributed by atoms with E-state index in [1.165, 1.54) is 4.90 Å². The largest absolute Gasteiger partial charge is 0.369 e. The van der Waals surface area contributed by atoms with E-state index in [0.717, 1.165) is 16.8 Å². The second kappa shape index (κ2) is 5.31. The van der Waals surface area contributed by atoms with Crippen molar-refractivity contribution >= 4 is 17.3 Å². The Morgan fingerprint density at radius 2 is 2.07 bits per heavy atom. The van der Waals surface area contributed by atoms with Gasteiger partial charge in [-0.25, -0.2) is 8.78 Å². The maximum atomic E-state index is 12.2. The molecular weight excluding hydrogens is 220 g/mol. The fraction of sp³-hybridized carbons (Fsp3) is 0.455. The smallest absolute Gasteiger partial charge is 0.255 e. The van der Waals surface area contributed by atoms with E-state index in [9.17, 15) is 8.78 Å². The molecule has 0 spiro atoms. The first-order valence-corrected chi connectivity index (χ1v) is 5.23. The summed E-state index contributed by atoms with van der Waals surface area (Å²) in [4.78, 5) is 1.53. The molecule has 0 heterocycles. The molecule has 0 aliphatic rings. The minimum absolute atomic E-state index is 0.271. The van der Waals surface area contributed by atoms with Gasteiger partial charge in [0, 0.05) is 18.6 Å². The molecule has 15 heavy (non-hydrogen) atoms. The Labute approximate surface area is 93.7 Å². The van der Waals surface area contributed by atoms with Crippen LogP contribution in [0, 0.1) is 6.92 Å². The number of rotatable bonds is 4. The molecule has 0 atom stereocenters. The summed E-state index contributed by atoms with van der Waals surface area (Å²) in [5, 5.41) is 0. The van der Waals surface area contributed by atoms with E-state index in [4.69, 9.17) is 11.6 Å². The maximum absolute atomic E-state index is 12.2. The molecule has 0 aromatic heterocycles. The van der Waals surface area contributed by atoms with Crippen molar-refractivity contribution in [2.24, 2.45) is 0 Å². The molecule has 0 aliphatic carbocycles. The van der Waals surface area contributed by atoms with Crippen molar-refractivity contribution in [3.05, 3.63) is 29.3 Å². The van der Waals surface area contributed by atoms with E-state index < -0.39 is 6.43 Å². The first-order chi connectivity index (χ1) is 7.04. The Morgan fingerprint density at radius 3 is 2.60 bits per heavy atom. The van der Waals surface area contributed by atoms with Crippen LogP contribution in [0.4, 0.5) is 14.5 Å². The average Bonchev–Trinajstić information content (AvgIpc) is 2.16. The van der Waals surface area contributed by atoms with Gasteiger partial charge in [0.05, 0.1) is 6.54 Å². The molecule has 0 N–H and O–H groups in total. The molecule has 0 saturated carbocycles. The van der Waals surface area contributed by atoms with Gasteiger partial charge in [-0.1, -0.05) is 17.7 Å². The van der Waals surface area contributed by atoms with Gasteiger partial charge in [0.25, 0.3) is 6.43 Å². The number of anilines is 1. The normalized spacial score (nSPS) is 10.8. The minimum Gasteiger partial charge on any atom is -0.369 e. The van der Waals surface area contributed by atoms with E-state index in [1.807, 2.05) is 25.1 Å². The standard InChI is InChI=1S/C11H14ClF2N/c1-8-3-4-10(9(5-8)6-12)15(2)7-11(13)14/h3-5,11H,6-7H2,1-2H3. The van der Waals surface area contributed by atoms with Gasteiger partial charge < -0.3 is 4.90 Å². The molecule has 1 rings (SSSR count). The van der Waals surface area contributed by atoms with E-state index in [-0.39, 0.29) is 6.54 Å². The molecule has 0 amide bonds. The topological polar surface area (TPSA) is 3.24 Å². The zero-order valence-electron chi connectivity index (χ0n) is 8.80. The number of aryl methyl sites for hydroxylation is 1. The van der Waals surface area contributed by atoms with Crippen LogP contribution >= 0.6 is 11.6 Å². The van der Waals surface area contributed by atoms with Crippen LogP contribution in [-0.2, 0) is 5.88 Å². The van der Waals surface area contributed by atoms with Gasteiger partial charge in [-0.2, -0.15) is 0 Å². The number of benzene rings is 1. The molecule has 1 aromatic carbocycles. The molecule has 0 bridgehead atoms. The molecule has 0 radical (unpaired) electrons. The van der Waals surface area contributed by atoms with Crippen molar-refractivity contribution < 1.29 is 8.78 Å². The van der Waals surface area contributed by atoms with Gasteiger partial charge >= 0.3 is 0 Å². The quantitative estimate of drug-likeness (QED) is 0.721. The summed E-state index contributed by atoms with van der Waals surface area (Å²) in [6, 6.07) is 5.65. The lowest BCUT2D eigenvalue weighted by atomic mass is 10.1. The van der Waals surface area contributed by atoms with Crippen LogP contribution in [0.3, 0.4) is 0 Å². The van der Waals surface area contributed by atoms with Gasteiger partial charge in [-0.05, 0) is 18.6 Å². The van der Waals surface area contributed by atoms with Crippen LogP contribution in [-0.4, -0.2) is 20.0 Å². The number of alkyl halides is 3. The molecule has 1 aromatic rings. The number of hydrogen-bond acceptors (Lipinski definition) is 1. The van der Waals surface area contributed by atoms with Crippen LogP contribution in [0.1, 0.15) is 11.1 Å². The predicted molar refractivity (Wildman–Crippen MR) is 60.0 cm³/mol. The molecular formula is C11H14ClF2N. The summed E-state index contributed by atoms with van der Waals surface area (Å²) in [5.74, 6) is 0.338. The predicted octanol–water partition coefficient (Wildman–Crippen LogP) is 3.44. The van der Waals surface area contributed by atoms with E-state index >= 15 is 0 Å². The lowest BCUT2D eigenvalue weighted by molar-refractivity contribution is 0.156. The van der Waals surface area contributed by atoms with Gasteiger partial charge in [0.1, 0.15) is 0 Å². The summed E-state index contributed by atoms with van der Waals surface area (Å²) >= 11 is 5.77. The lowest BCUT2D eigenvalue weighted by Gasteiger charge is -2.21. The fourth-order valence-electron chi connectivity index (χ4n) is 1.50. The highest BCUT2D eigenvalue weighted by atomic mass is 35.5. The molecule has 0 saturated heterocycles. The van der Waals surface area contributed by atoms with Crippen LogP contribution in [0.5, 0.6) is 0 Å². The van der Waals surface area contributed by atoms with Crippen LogP contribution in [0.25, 0.3) is 0 Å². The van der Waals surface area contributed by atoms with Crippen molar-refractivity contribution in [3.8, 4) is 0 Å². The molecule has 4 heteroatoms. The SMILES string of the molecule is Cc1ccc(N(C)CC(F)F)c(CCl)c1. The lowest BCUT2D eigenvalue weighted by Crippen LogP contribution is -2.24. The molecule has 84 valence electrons. The Kier molecular flexibility index (Phi) is 4.33. The fourth-order valence-corrected chi connectivity index (χ4v) is 1.71. The summed E-state index contributed by atoms with van der Waals surface area (Å²) < 4.78 is 24.4. The number of nitrogens with zero attached hydrogens (tertiary/aromatic N) is 1. The third kappa shape index (κ3) is 3.34. The highest BCUT2D eigenvalue weighted by Crippen LogP contribution is 2.23. The Bertz CT molecular complexity index is 328.